The molecule has 2 unspecified atom stereocenters. The molecule has 0 aromatic carbocycles. The monoisotopic (exact) mass is 667 g/mol. The zero-order valence-electron chi connectivity index (χ0n) is 19.7. The van der Waals surface area contributed by atoms with E-state index in [1.54, 1.807) is 0 Å². The Kier molecular flexibility index (Phi) is 8.54. The van der Waals surface area contributed by atoms with E-state index in [1.165, 1.54) is 20.8 Å². The fourth-order valence-corrected chi connectivity index (χ4v) is 6.15. The Hall–Kier alpha value is 0.122. The van der Waals surface area contributed by atoms with Crippen molar-refractivity contribution in [3.8, 4) is 0 Å². The summed E-state index contributed by atoms with van der Waals surface area (Å²) in [6.45, 7) is 9.77. The van der Waals surface area contributed by atoms with Crippen molar-refractivity contribution in [3.05, 3.63) is 11.6 Å². The molecule has 3 rings (SSSR count). The van der Waals surface area contributed by atoms with Gasteiger partial charge >= 0.3 is 5.97 Å². The van der Waals surface area contributed by atoms with E-state index in [0.717, 1.165) is 5.57 Å². The Bertz CT molecular complexity index is 780. The standard InChI is InChI=1S/C23H36O8.Ac/c1-11-9-21(4,5)14(7-15(11)26)18(31-13(3)25)19-22(6,20(28)12(2)24)16(27)8-17-23(19,29)10-30-17;/h9,12,14-19,24,26-27,29H,7-8,10H2,1-6H3;/t12-,14?,15+,16+,17-,18-,19?,22-,23+;/m1./s1. The number of carbonyl (C=O) groups excluding carboxylic acids is 2. The van der Waals surface area contributed by atoms with Crippen molar-refractivity contribution in [2.75, 3.05) is 6.61 Å². The summed E-state index contributed by atoms with van der Waals surface area (Å²) in [5, 5.41) is 43.4. The Morgan fingerprint density at radius 2 is 1.81 bits per heavy atom. The molecule has 0 aromatic rings. The van der Waals surface area contributed by atoms with Gasteiger partial charge in [0.2, 0.25) is 0 Å². The van der Waals surface area contributed by atoms with Gasteiger partial charge in [0.05, 0.1) is 30.3 Å². The summed E-state index contributed by atoms with van der Waals surface area (Å²) in [5.41, 5.74) is -2.83. The predicted octanol–water partition coefficient (Wildman–Crippen LogP) is 0.738. The van der Waals surface area contributed by atoms with Gasteiger partial charge in [0.1, 0.15) is 17.8 Å². The molecule has 4 N–H and O–H groups in total. The number of rotatable bonds is 5. The van der Waals surface area contributed by atoms with Gasteiger partial charge in [-0.15, -0.1) is 0 Å². The molecule has 179 valence electrons. The third-order valence-corrected chi connectivity index (χ3v) is 7.88. The molecule has 0 amide bonds. The summed E-state index contributed by atoms with van der Waals surface area (Å²) >= 11 is 0. The van der Waals surface area contributed by atoms with Crippen LogP contribution in [0, 0.1) is 66.7 Å². The van der Waals surface area contributed by atoms with Crippen LogP contribution in [0.1, 0.15) is 54.4 Å². The number of allylic oxidation sites excluding steroid dienone is 1. The maximum Gasteiger partial charge on any atom is 0.302 e. The molecule has 0 spiro atoms. The van der Waals surface area contributed by atoms with E-state index in [4.69, 9.17) is 9.47 Å². The quantitative estimate of drug-likeness (QED) is 0.250. The molecule has 32 heavy (non-hydrogen) atoms. The van der Waals surface area contributed by atoms with Crippen molar-refractivity contribution in [1.82, 2.24) is 0 Å². The number of hydrogen-bond acceptors (Lipinski definition) is 8. The number of Topliss-reactive ketones (excluding diaryl/α,β-unsaturated/α-hetero) is 1. The first-order valence-electron chi connectivity index (χ1n) is 10.9. The van der Waals surface area contributed by atoms with Gasteiger partial charge in [-0.25, -0.2) is 0 Å². The Labute approximate surface area is 225 Å². The molecular formula is C23H36AcO8. The van der Waals surface area contributed by atoms with Crippen LogP contribution in [0.2, 0.25) is 0 Å². The fourth-order valence-electron chi connectivity index (χ4n) is 6.15. The number of ketones is 1. The van der Waals surface area contributed by atoms with Crippen molar-refractivity contribution >= 4 is 11.8 Å². The van der Waals surface area contributed by atoms with Crippen molar-refractivity contribution in [2.24, 2.45) is 22.7 Å². The van der Waals surface area contributed by atoms with E-state index < -0.39 is 70.5 Å². The van der Waals surface area contributed by atoms with Crippen molar-refractivity contribution in [3.63, 3.8) is 0 Å². The molecule has 0 bridgehead atoms. The number of esters is 1. The van der Waals surface area contributed by atoms with Gasteiger partial charge in [-0.05, 0) is 38.2 Å². The second kappa shape index (κ2) is 9.64. The topological polar surface area (TPSA) is 134 Å². The maximum atomic E-state index is 13.2. The van der Waals surface area contributed by atoms with Gasteiger partial charge in [-0.2, -0.15) is 0 Å². The minimum absolute atomic E-state index is 0. The van der Waals surface area contributed by atoms with Gasteiger partial charge in [0.15, 0.2) is 5.78 Å². The molecule has 1 saturated carbocycles. The number of aliphatic hydroxyl groups is 4. The van der Waals surface area contributed by atoms with Crippen LogP contribution < -0.4 is 0 Å². The molecule has 2 fully saturated rings. The van der Waals surface area contributed by atoms with E-state index in [2.05, 4.69) is 0 Å². The minimum atomic E-state index is -1.58. The van der Waals surface area contributed by atoms with Crippen LogP contribution in [0.25, 0.3) is 0 Å². The molecule has 1 heterocycles. The molecule has 0 aromatic heterocycles. The molecule has 9 atom stereocenters. The largest absolute Gasteiger partial charge is 0.462 e. The second-order valence-corrected chi connectivity index (χ2v) is 10.5. The predicted molar refractivity (Wildman–Crippen MR) is 111 cm³/mol. The van der Waals surface area contributed by atoms with E-state index in [-0.39, 0.29) is 63.5 Å². The van der Waals surface area contributed by atoms with Gasteiger partial charge in [-0.3, -0.25) is 9.59 Å². The van der Waals surface area contributed by atoms with Crippen molar-refractivity contribution < 1.29 is 83.6 Å². The summed E-state index contributed by atoms with van der Waals surface area (Å²) in [6, 6.07) is 0. The normalized spacial score (nSPS) is 42.3. The molecular weight excluding hydrogens is 631 g/mol. The van der Waals surface area contributed by atoms with Gasteiger partial charge in [0.25, 0.3) is 0 Å². The summed E-state index contributed by atoms with van der Waals surface area (Å²) < 4.78 is 11.3. The third kappa shape index (κ3) is 4.53. The molecule has 1 aliphatic heterocycles. The van der Waals surface area contributed by atoms with Crippen molar-refractivity contribution in [1.29, 1.82) is 0 Å². The summed E-state index contributed by atoms with van der Waals surface area (Å²) in [5.74, 6) is -2.69. The second-order valence-electron chi connectivity index (χ2n) is 10.5. The molecule has 1 radical (unpaired) electrons. The molecule has 2 aliphatic carbocycles. The minimum Gasteiger partial charge on any atom is -0.462 e. The van der Waals surface area contributed by atoms with Gasteiger partial charge < -0.3 is 29.9 Å². The number of aliphatic hydroxyl groups excluding tert-OH is 3. The zero-order valence-corrected chi connectivity index (χ0v) is 24.5. The Balaban J connectivity index is 0.00000363. The SMILES string of the molecule is CC(=O)O[C@H](C1C[C@H](O)C(C)=CC1(C)C)C1[C@]2(O)CO[C@@H]2C[C@H](O)[C@@]1(C)C(=O)[C@@H](C)O.[Ac]. The van der Waals surface area contributed by atoms with Crippen LogP contribution in [-0.2, 0) is 19.1 Å². The molecule has 3 aliphatic rings. The number of ether oxygens (including phenoxy) is 2. The van der Waals surface area contributed by atoms with Crippen molar-refractivity contribution in [2.45, 2.75) is 90.5 Å². The van der Waals surface area contributed by atoms with Crippen LogP contribution in [-0.4, -0.2) is 74.9 Å². The summed E-state index contributed by atoms with van der Waals surface area (Å²) in [6.07, 6.45) is -2.84. The number of carbonyl (C=O) groups is 2. The first-order chi connectivity index (χ1) is 14.2. The maximum absolute atomic E-state index is 13.2. The van der Waals surface area contributed by atoms with E-state index in [9.17, 15) is 30.0 Å². The van der Waals surface area contributed by atoms with E-state index in [1.807, 2.05) is 26.8 Å². The fraction of sp³-hybridized carbons (Fsp3) is 0.826. The zero-order chi connectivity index (χ0) is 23.5. The molecule has 9 heteroatoms. The van der Waals surface area contributed by atoms with Crippen LogP contribution in [0.3, 0.4) is 0 Å². The van der Waals surface area contributed by atoms with E-state index in [0.29, 0.717) is 0 Å². The smallest absolute Gasteiger partial charge is 0.302 e. The summed E-state index contributed by atoms with van der Waals surface area (Å²) in [7, 11) is 0. The van der Waals surface area contributed by atoms with Crippen LogP contribution in [0.15, 0.2) is 11.6 Å². The van der Waals surface area contributed by atoms with Crippen LogP contribution in [0.4, 0.5) is 0 Å². The first kappa shape index (κ1) is 28.4. The average molecular weight is 668 g/mol. The van der Waals surface area contributed by atoms with Gasteiger partial charge in [-0.1, -0.05) is 19.9 Å². The average Bonchev–Trinajstić information content (AvgIpc) is 2.64. The Morgan fingerprint density at radius 3 is 2.28 bits per heavy atom. The summed E-state index contributed by atoms with van der Waals surface area (Å²) in [4.78, 5) is 25.4. The molecule has 8 nitrogen and oxygen atoms in total. The number of hydrogen-bond donors (Lipinski definition) is 4. The third-order valence-electron chi connectivity index (χ3n) is 7.88. The van der Waals surface area contributed by atoms with Gasteiger partial charge in [0, 0.05) is 69.2 Å². The Morgan fingerprint density at radius 1 is 1.22 bits per heavy atom. The van der Waals surface area contributed by atoms with E-state index >= 15 is 0 Å². The molecule has 1 saturated heterocycles. The van der Waals surface area contributed by atoms with Crippen LogP contribution >= 0.6 is 0 Å². The first-order valence-corrected chi connectivity index (χ1v) is 10.9. The number of fused-ring (bicyclic) bond motifs is 1. The van der Waals surface area contributed by atoms with Crippen LogP contribution in [0.5, 0.6) is 0 Å².